The third-order valence-corrected chi connectivity index (χ3v) is 3.73. The van der Waals surface area contributed by atoms with Crippen LogP contribution in [0.25, 0.3) is 0 Å². The Balaban J connectivity index is 1.86. The van der Waals surface area contributed by atoms with Crippen molar-refractivity contribution in [2.24, 2.45) is 0 Å². The molecule has 4 nitrogen and oxygen atoms in total. The minimum absolute atomic E-state index is 0.0670. The maximum atomic E-state index is 12.9. The van der Waals surface area contributed by atoms with Gasteiger partial charge in [0.05, 0.1) is 12.6 Å². The van der Waals surface area contributed by atoms with Crippen LogP contribution in [0.15, 0.2) is 24.3 Å². The van der Waals surface area contributed by atoms with E-state index in [2.05, 4.69) is 0 Å². The molecule has 0 aromatic heterocycles. The zero-order valence-electron chi connectivity index (χ0n) is 12.0. The van der Waals surface area contributed by atoms with E-state index in [0.29, 0.717) is 13.0 Å². The lowest BCUT2D eigenvalue weighted by atomic mass is 10.1. The molecule has 0 radical (unpaired) electrons. The van der Waals surface area contributed by atoms with Gasteiger partial charge in [0, 0.05) is 26.6 Å². The second-order valence-corrected chi connectivity index (χ2v) is 5.10. The Morgan fingerprint density at radius 3 is 2.75 bits per heavy atom. The average molecular weight is 280 g/mol. The number of benzene rings is 1. The lowest BCUT2D eigenvalue weighted by Gasteiger charge is -2.26. The first-order chi connectivity index (χ1) is 9.58. The standard InChI is InChI=1S/C15H21FN2O2/c1-12(13-4-6-14(16)7-5-13)17(2)15(19)8-10-18-9-3-11-20-18/h4-7,12H,3,8-11H2,1-2H3/t12-/m0/s1. The fourth-order valence-corrected chi connectivity index (χ4v) is 2.25. The van der Waals surface area contributed by atoms with Crippen molar-refractivity contribution in [2.75, 3.05) is 26.7 Å². The van der Waals surface area contributed by atoms with Crippen molar-refractivity contribution in [3.05, 3.63) is 35.6 Å². The predicted molar refractivity (Wildman–Crippen MR) is 74.3 cm³/mol. The Morgan fingerprint density at radius 1 is 1.45 bits per heavy atom. The molecule has 0 aliphatic carbocycles. The first-order valence-electron chi connectivity index (χ1n) is 6.97. The Morgan fingerprint density at radius 2 is 2.15 bits per heavy atom. The first-order valence-corrected chi connectivity index (χ1v) is 6.97. The number of rotatable bonds is 5. The Kier molecular flexibility index (Phi) is 5.09. The number of carbonyl (C=O) groups is 1. The van der Waals surface area contributed by atoms with Crippen LogP contribution in [0.5, 0.6) is 0 Å². The summed E-state index contributed by atoms with van der Waals surface area (Å²) in [4.78, 5) is 19.2. The maximum absolute atomic E-state index is 12.9. The molecule has 0 bridgehead atoms. The topological polar surface area (TPSA) is 32.8 Å². The van der Waals surface area contributed by atoms with Gasteiger partial charge in [-0.2, -0.15) is 5.06 Å². The highest BCUT2D eigenvalue weighted by Crippen LogP contribution is 2.20. The predicted octanol–water partition coefficient (Wildman–Crippen LogP) is 2.37. The Hall–Kier alpha value is -1.46. The first kappa shape index (κ1) is 14.9. The van der Waals surface area contributed by atoms with E-state index in [1.807, 2.05) is 12.0 Å². The van der Waals surface area contributed by atoms with E-state index in [-0.39, 0.29) is 17.8 Å². The normalized spacial score (nSPS) is 17.1. The highest BCUT2D eigenvalue weighted by molar-refractivity contribution is 5.76. The summed E-state index contributed by atoms with van der Waals surface area (Å²) in [6.45, 7) is 4.21. The van der Waals surface area contributed by atoms with Gasteiger partial charge >= 0.3 is 0 Å². The van der Waals surface area contributed by atoms with Crippen molar-refractivity contribution in [3.8, 4) is 0 Å². The Bertz CT molecular complexity index is 444. The van der Waals surface area contributed by atoms with Gasteiger partial charge in [-0.25, -0.2) is 4.39 Å². The van der Waals surface area contributed by atoms with E-state index in [4.69, 9.17) is 4.84 Å². The largest absolute Gasteiger partial charge is 0.339 e. The van der Waals surface area contributed by atoms with Gasteiger partial charge in [-0.3, -0.25) is 9.63 Å². The van der Waals surface area contributed by atoms with Gasteiger partial charge in [-0.15, -0.1) is 0 Å². The monoisotopic (exact) mass is 280 g/mol. The van der Waals surface area contributed by atoms with Gasteiger partial charge in [-0.1, -0.05) is 12.1 Å². The summed E-state index contributed by atoms with van der Waals surface area (Å²) in [5, 5.41) is 1.84. The fraction of sp³-hybridized carbons (Fsp3) is 0.533. The summed E-state index contributed by atoms with van der Waals surface area (Å²) in [6, 6.07) is 6.20. The van der Waals surface area contributed by atoms with E-state index in [0.717, 1.165) is 25.1 Å². The van der Waals surface area contributed by atoms with Crippen LogP contribution in [0.1, 0.15) is 31.4 Å². The zero-order valence-corrected chi connectivity index (χ0v) is 12.0. The molecule has 0 spiro atoms. The van der Waals surface area contributed by atoms with Crippen LogP contribution in [0.2, 0.25) is 0 Å². The molecule has 110 valence electrons. The van der Waals surface area contributed by atoms with Crippen molar-refractivity contribution in [1.82, 2.24) is 9.96 Å². The average Bonchev–Trinajstić information content (AvgIpc) is 2.97. The number of halogens is 1. The van der Waals surface area contributed by atoms with Gasteiger partial charge in [0.15, 0.2) is 0 Å². The minimum Gasteiger partial charge on any atom is -0.339 e. The van der Waals surface area contributed by atoms with Gasteiger partial charge in [0.2, 0.25) is 5.91 Å². The molecular formula is C15H21FN2O2. The van der Waals surface area contributed by atoms with Crippen molar-refractivity contribution in [1.29, 1.82) is 0 Å². The lowest BCUT2D eigenvalue weighted by Crippen LogP contribution is -2.32. The smallest absolute Gasteiger partial charge is 0.224 e. The van der Waals surface area contributed by atoms with Crippen LogP contribution >= 0.6 is 0 Å². The molecule has 1 saturated heterocycles. The maximum Gasteiger partial charge on any atom is 0.224 e. The molecule has 1 aliphatic heterocycles. The molecule has 1 fully saturated rings. The molecule has 1 aliphatic rings. The van der Waals surface area contributed by atoms with Crippen LogP contribution in [0.3, 0.4) is 0 Å². The van der Waals surface area contributed by atoms with Gasteiger partial charge in [-0.05, 0) is 31.0 Å². The number of amides is 1. The quantitative estimate of drug-likeness (QED) is 0.830. The molecule has 0 unspecified atom stereocenters. The van der Waals surface area contributed by atoms with Crippen LogP contribution in [-0.4, -0.2) is 42.6 Å². The third kappa shape index (κ3) is 3.77. The van der Waals surface area contributed by atoms with Gasteiger partial charge in [0.1, 0.15) is 5.82 Å². The summed E-state index contributed by atoms with van der Waals surface area (Å²) in [5.41, 5.74) is 0.930. The van der Waals surface area contributed by atoms with Crippen molar-refractivity contribution in [2.45, 2.75) is 25.8 Å². The molecule has 0 N–H and O–H groups in total. The molecular weight excluding hydrogens is 259 g/mol. The molecule has 5 heteroatoms. The van der Waals surface area contributed by atoms with E-state index in [1.165, 1.54) is 12.1 Å². The second-order valence-electron chi connectivity index (χ2n) is 5.10. The number of carbonyl (C=O) groups excluding carboxylic acids is 1. The summed E-state index contributed by atoms with van der Waals surface area (Å²) in [6.07, 6.45) is 1.46. The van der Waals surface area contributed by atoms with Crippen molar-refractivity contribution in [3.63, 3.8) is 0 Å². The van der Waals surface area contributed by atoms with Crippen LogP contribution in [0.4, 0.5) is 4.39 Å². The third-order valence-electron chi connectivity index (χ3n) is 3.73. The van der Waals surface area contributed by atoms with Gasteiger partial charge in [0.25, 0.3) is 0 Å². The molecule has 1 aromatic rings. The van der Waals surface area contributed by atoms with E-state index in [9.17, 15) is 9.18 Å². The molecule has 1 aromatic carbocycles. The highest BCUT2D eigenvalue weighted by atomic mass is 19.1. The van der Waals surface area contributed by atoms with E-state index >= 15 is 0 Å². The van der Waals surface area contributed by atoms with Gasteiger partial charge < -0.3 is 4.90 Å². The van der Waals surface area contributed by atoms with E-state index < -0.39 is 0 Å². The summed E-state index contributed by atoms with van der Waals surface area (Å²) in [7, 11) is 1.78. The zero-order chi connectivity index (χ0) is 14.5. The SMILES string of the molecule is C[C@@H](c1ccc(F)cc1)N(C)C(=O)CCN1CCCO1. The van der Waals surface area contributed by atoms with Crippen LogP contribution in [0, 0.1) is 5.82 Å². The van der Waals surface area contributed by atoms with Crippen molar-refractivity contribution >= 4 is 5.91 Å². The summed E-state index contributed by atoms with van der Waals surface area (Å²) >= 11 is 0. The highest BCUT2D eigenvalue weighted by Gasteiger charge is 2.19. The summed E-state index contributed by atoms with van der Waals surface area (Å²) < 4.78 is 12.9. The number of nitrogens with zero attached hydrogens (tertiary/aromatic N) is 2. The van der Waals surface area contributed by atoms with Crippen LogP contribution < -0.4 is 0 Å². The fourth-order valence-electron chi connectivity index (χ4n) is 2.25. The molecule has 20 heavy (non-hydrogen) atoms. The van der Waals surface area contributed by atoms with E-state index in [1.54, 1.807) is 24.1 Å². The number of hydrogen-bond donors (Lipinski definition) is 0. The summed E-state index contributed by atoms with van der Waals surface area (Å²) in [5.74, 6) is -0.196. The second kappa shape index (κ2) is 6.81. The van der Waals surface area contributed by atoms with Crippen molar-refractivity contribution < 1.29 is 14.0 Å². The molecule has 2 rings (SSSR count). The molecule has 1 heterocycles. The molecule has 0 saturated carbocycles. The van der Waals surface area contributed by atoms with Crippen LogP contribution in [-0.2, 0) is 9.63 Å². The molecule has 1 amide bonds. The Labute approximate surface area is 119 Å². The number of hydroxylamine groups is 2. The molecule has 1 atom stereocenters. The minimum atomic E-state index is -0.263. The number of hydrogen-bond acceptors (Lipinski definition) is 3. The lowest BCUT2D eigenvalue weighted by molar-refractivity contribution is -0.139.